The van der Waals surface area contributed by atoms with Crippen LogP contribution in [-0.4, -0.2) is 23.5 Å². The Morgan fingerprint density at radius 2 is 1.02 bits per heavy atom. The van der Waals surface area contributed by atoms with Crippen molar-refractivity contribution in [2.75, 3.05) is 0 Å². The van der Waals surface area contributed by atoms with Gasteiger partial charge in [-0.3, -0.25) is 14.0 Å². The second-order valence-electron chi connectivity index (χ2n) is 10.3. The number of nitrogens with zero attached hydrogens (tertiary/aromatic N) is 5. The van der Waals surface area contributed by atoms with E-state index < -0.39 is 0 Å². The largest absolute Gasteiger partial charge is 0.309 e. The van der Waals surface area contributed by atoms with Crippen LogP contribution >= 0.6 is 0 Å². The van der Waals surface area contributed by atoms with Gasteiger partial charge in [0, 0.05) is 34.3 Å². The van der Waals surface area contributed by atoms with Crippen molar-refractivity contribution in [1.82, 2.24) is 23.5 Å². The molecule has 9 rings (SSSR count). The van der Waals surface area contributed by atoms with Crippen LogP contribution in [0.5, 0.6) is 0 Å². The summed E-state index contributed by atoms with van der Waals surface area (Å²) >= 11 is 0. The van der Waals surface area contributed by atoms with Crippen LogP contribution in [0.3, 0.4) is 0 Å². The van der Waals surface area contributed by atoms with E-state index in [2.05, 4.69) is 140 Å². The molecule has 9 aromatic rings. The van der Waals surface area contributed by atoms with Crippen molar-refractivity contribution in [3.63, 3.8) is 0 Å². The molecular weight excluding hydrogens is 502 g/mol. The van der Waals surface area contributed by atoms with Gasteiger partial charge in [-0.25, -0.2) is 4.98 Å². The molecule has 192 valence electrons. The third-order valence-electron chi connectivity index (χ3n) is 8.16. The molecule has 0 saturated carbocycles. The summed E-state index contributed by atoms with van der Waals surface area (Å²) in [6.07, 6.45) is 3.85. The third kappa shape index (κ3) is 3.06. The first-order valence-corrected chi connectivity index (χ1v) is 13.8. The van der Waals surface area contributed by atoms with Crippen LogP contribution in [0.4, 0.5) is 0 Å². The number of aromatic nitrogens is 5. The highest BCUT2D eigenvalue weighted by Crippen LogP contribution is 2.39. The van der Waals surface area contributed by atoms with Crippen LogP contribution in [0.15, 0.2) is 140 Å². The Labute approximate surface area is 235 Å². The van der Waals surface area contributed by atoms with E-state index in [-0.39, 0.29) is 0 Å². The van der Waals surface area contributed by atoms with Crippen LogP contribution in [0.2, 0.25) is 0 Å². The maximum absolute atomic E-state index is 5.12. The molecule has 4 aromatic heterocycles. The molecule has 0 aliphatic carbocycles. The van der Waals surface area contributed by atoms with E-state index in [4.69, 9.17) is 4.98 Å². The van der Waals surface area contributed by atoms with Crippen LogP contribution < -0.4 is 0 Å². The van der Waals surface area contributed by atoms with Gasteiger partial charge in [0.15, 0.2) is 0 Å². The van der Waals surface area contributed by atoms with E-state index >= 15 is 0 Å². The van der Waals surface area contributed by atoms with E-state index in [1.807, 2.05) is 18.5 Å². The van der Waals surface area contributed by atoms with Crippen molar-refractivity contribution in [2.45, 2.75) is 0 Å². The van der Waals surface area contributed by atoms with Gasteiger partial charge in [-0.2, -0.15) is 0 Å². The van der Waals surface area contributed by atoms with Gasteiger partial charge in [0.2, 0.25) is 5.78 Å². The Bertz CT molecular complexity index is 2390. The fraction of sp³-hybridized carbons (Fsp3) is 0. The minimum atomic E-state index is 0.884. The molecular formula is C36H23N5. The maximum atomic E-state index is 5.12. The zero-order chi connectivity index (χ0) is 26.9. The van der Waals surface area contributed by atoms with Gasteiger partial charge in [-0.05, 0) is 48.5 Å². The maximum Gasteiger partial charge on any atom is 0.220 e. The number of rotatable bonds is 3. The molecule has 0 unspecified atom stereocenters. The highest BCUT2D eigenvalue weighted by atomic mass is 15.2. The molecule has 0 saturated heterocycles. The molecule has 0 radical (unpaired) electrons. The van der Waals surface area contributed by atoms with Crippen molar-refractivity contribution in [1.29, 1.82) is 0 Å². The first-order valence-electron chi connectivity index (χ1n) is 13.8. The lowest BCUT2D eigenvalue weighted by atomic mass is 10.0. The van der Waals surface area contributed by atoms with Crippen LogP contribution in [0.1, 0.15) is 0 Å². The van der Waals surface area contributed by atoms with Gasteiger partial charge in [0.05, 0.1) is 44.5 Å². The first-order chi connectivity index (χ1) is 20.4. The fourth-order valence-electron chi connectivity index (χ4n) is 6.46. The van der Waals surface area contributed by atoms with E-state index in [1.165, 1.54) is 21.8 Å². The lowest BCUT2D eigenvalue weighted by Crippen LogP contribution is -2.02. The van der Waals surface area contributed by atoms with Crippen LogP contribution in [-0.2, 0) is 0 Å². The zero-order valence-corrected chi connectivity index (χ0v) is 22.0. The van der Waals surface area contributed by atoms with E-state index in [0.717, 1.165) is 50.3 Å². The van der Waals surface area contributed by atoms with Gasteiger partial charge < -0.3 is 4.57 Å². The summed E-state index contributed by atoms with van der Waals surface area (Å²) in [7, 11) is 0. The van der Waals surface area contributed by atoms with Gasteiger partial charge >= 0.3 is 0 Å². The molecule has 5 aromatic carbocycles. The number of imidazole rings is 2. The average molecular weight is 526 g/mol. The number of para-hydroxylation sites is 7. The predicted molar refractivity (Wildman–Crippen MR) is 167 cm³/mol. The lowest BCUT2D eigenvalue weighted by Gasteiger charge is -2.17. The summed E-state index contributed by atoms with van der Waals surface area (Å²) in [5.41, 5.74) is 10.9. The SMILES string of the molecule is c1ccc(-n2c3ccccc3c3ccccc32)c(-c2cnccc2-n2c3ccccc3n3c4ccccc4nc23)c1. The quantitative estimate of drug-likeness (QED) is 0.232. The average Bonchev–Trinajstić information content (AvgIpc) is 3.68. The number of hydrogen-bond acceptors (Lipinski definition) is 2. The molecule has 0 spiro atoms. The minimum Gasteiger partial charge on any atom is -0.309 e. The van der Waals surface area contributed by atoms with Crippen molar-refractivity contribution in [3.05, 3.63) is 140 Å². The van der Waals surface area contributed by atoms with Gasteiger partial charge in [-0.1, -0.05) is 78.9 Å². The molecule has 0 atom stereocenters. The van der Waals surface area contributed by atoms with Gasteiger partial charge in [0.25, 0.3) is 0 Å². The Morgan fingerprint density at radius 1 is 0.439 bits per heavy atom. The molecule has 0 bridgehead atoms. The fourth-order valence-corrected chi connectivity index (χ4v) is 6.46. The normalized spacial score (nSPS) is 11.9. The van der Waals surface area contributed by atoms with Crippen molar-refractivity contribution in [3.8, 4) is 22.5 Å². The summed E-state index contributed by atoms with van der Waals surface area (Å²) < 4.78 is 6.91. The molecule has 0 amide bonds. The van der Waals surface area contributed by atoms with Gasteiger partial charge in [0.1, 0.15) is 0 Å². The molecule has 41 heavy (non-hydrogen) atoms. The molecule has 5 heteroatoms. The summed E-state index contributed by atoms with van der Waals surface area (Å²) in [6.45, 7) is 0. The smallest absolute Gasteiger partial charge is 0.220 e. The molecule has 0 aliphatic rings. The molecule has 0 fully saturated rings. The summed E-state index contributed by atoms with van der Waals surface area (Å²) in [6, 6.07) is 44.8. The van der Waals surface area contributed by atoms with Crippen molar-refractivity contribution < 1.29 is 0 Å². The van der Waals surface area contributed by atoms with E-state index in [1.54, 1.807) is 0 Å². The Hall–Kier alpha value is -5.68. The predicted octanol–water partition coefficient (Wildman–Crippen LogP) is 8.59. The third-order valence-corrected chi connectivity index (χ3v) is 8.16. The van der Waals surface area contributed by atoms with E-state index in [9.17, 15) is 0 Å². The monoisotopic (exact) mass is 525 g/mol. The lowest BCUT2D eigenvalue weighted by molar-refractivity contribution is 1.10. The second-order valence-corrected chi connectivity index (χ2v) is 10.3. The Kier molecular flexibility index (Phi) is 4.55. The second kappa shape index (κ2) is 8.41. The topological polar surface area (TPSA) is 40.0 Å². The van der Waals surface area contributed by atoms with Crippen LogP contribution in [0.25, 0.3) is 72.2 Å². The zero-order valence-electron chi connectivity index (χ0n) is 22.0. The molecule has 0 N–H and O–H groups in total. The van der Waals surface area contributed by atoms with Crippen molar-refractivity contribution >= 4 is 49.7 Å². The van der Waals surface area contributed by atoms with Crippen molar-refractivity contribution in [2.24, 2.45) is 0 Å². The summed E-state index contributed by atoms with van der Waals surface area (Å²) in [5.74, 6) is 0.884. The number of pyridine rings is 1. The standard InChI is InChI=1S/C36H23N5/c1-5-15-29-24(11-1)25-12-2-6-16-30(25)39(29)31-17-7-3-13-26(31)27-23-37-22-21-32(27)40-34-19-9-10-20-35(34)41-33-18-8-4-14-28(33)38-36(40)41/h1-23H. The highest BCUT2D eigenvalue weighted by molar-refractivity contribution is 6.09. The Balaban J connectivity index is 1.38. The minimum absolute atomic E-state index is 0.884. The molecule has 4 heterocycles. The molecule has 0 aliphatic heterocycles. The highest BCUT2D eigenvalue weighted by Gasteiger charge is 2.21. The molecule has 5 nitrogen and oxygen atoms in total. The van der Waals surface area contributed by atoms with Crippen LogP contribution in [0, 0.1) is 0 Å². The number of fused-ring (bicyclic) bond motifs is 8. The first kappa shape index (κ1) is 22.2. The Morgan fingerprint density at radius 3 is 1.80 bits per heavy atom. The van der Waals surface area contributed by atoms with Gasteiger partial charge in [-0.15, -0.1) is 0 Å². The summed E-state index contributed by atoms with van der Waals surface area (Å²) in [4.78, 5) is 9.75. The summed E-state index contributed by atoms with van der Waals surface area (Å²) in [5, 5.41) is 2.48. The number of hydrogen-bond donors (Lipinski definition) is 0. The number of benzene rings is 5. The van der Waals surface area contributed by atoms with E-state index in [0.29, 0.717) is 0 Å².